The van der Waals surface area contributed by atoms with Crippen molar-refractivity contribution in [1.29, 1.82) is 0 Å². The van der Waals surface area contributed by atoms with Crippen molar-refractivity contribution < 1.29 is 9.53 Å². The molecule has 1 aromatic carbocycles. The molecular weight excluding hydrogens is 350 g/mol. The van der Waals surface area contributed by atoms with E-state index in [1.54, 1.807) is 12.1 Å². The summed E-state index contributed by atoms with van der Waals surface area (Å²) < 4.78 is 5.49. The third-order valence-electron chi connectivity index (χ3n) is 5.39. The average molecular weight is 376 g/mol. The molecule has 0 aromatic heterocycles. The summed E-state index contributed by atoms with van der Waals surface area (Å²) >= 11 is 6.13. The standard InChI is InChI=1S/C20H26ClN3O2/c1-3-4-5-8-26-19-12-18(22)17(21)11-16(19)20(25)23-13-9-14-6-7-15(10-13)24(14)2/h11-15H,3-4,6-7,9-10,22H2,1-2H3,(H,23,25). The monoisotopic (exact) mass is 375 g/mol. The molecule has 3 rings (SSSR count). The predicted octanol–water partition coefficient (Wildman–Crippen LogP) is 3.42. The van der Waals surface area contributed by atoms with E-state index in [9.17, 15) is 4.79 Å². The zero-order chi connectivity index (χ0) is 18.7. The maximum absolute atomic E-state index is 12.8. The number of rotatable bonds is 4. The summed E-state index contributed by atoms with van der Waals surface area (Å²) in [7, 11) is 2.18. The quantitative estimate of drug-likeness (QED) is 0.625. The third kappa shape index (κ3) is 4.08. The smallest absolute Gasteiger partial charge is 0.255 e. The van der Waals surface area contributed by atoms with Crippen molar-refractivity contribution in [3.05, 3.63) is 22.7 Å². The Bertz CT molecular complexity index is 727. The molecule has 6 heteroatoms. The van der Waals surface area contributed by atoms with Gasteiger partial charge in [0.25, 0.3) is 5.91 Å². The van der Waals surface area contributed by atoms with Crippen LogP contribution in [0.3, 0.4) is 0 Å². The van der Waals surface area contributed by atoms with Crippen LogP contribution in [0, 0.1) is 12.0 Å². The second-order valence-electron chi connectivity index (χ2n) is 7.19. The van der Waals surface area contributed by atoms with Crippen LogP contribution in [0.4, 0.5) is 5.69 Å². The molecule has 1 aromatic rings. The molecule has 2 aliphatic heterocycles. The fourth-order valence-electron chi connectivity index (χ4n) is 3.89. The zero-order valence-electron chi connectivity index (χ0n) is 15.3. The Morgan fingerprint density at radius 2 is 2.08 bits per heavy atom. The van der Waals surface area contributed by atoms with Gasteiger partial charge < -0.3 is 20.7 Å². The molecule has 2 heterocycles. The van der Waals surface area contributed by atoms with Gasteiger partial charge in [-0.1, -0.05) is 24.4 Å². The number of anilines is 1. The van der Waals surface area contributed by atoms with Crippen LogP contribution in [0.25, 0.3) is 0 Å². The fraction of sp³-hybridized carbons (Fsp3) is 0.550. The summed E-state index contributed by atoms with van der Waals surface area (Å²) in [6, 6.07) is 4.42. The summed E-state index contributed by atoms with van der Waals surface area (Å²) in [4.78, 5) is 15.3. The largest absolute Gasteiger partial charge is 0.407 e. The number of fused-ring (bicyclic) bond motifs is 2. The van der Waals surface area contributed by atoms with Crippen LogP contribution in [0.2, 0.25) is 5.02 Å². The lowest BCUT2D eigenvalue weighted by Gasteiger charge is -2.36. The summed E-state index contributed by atoms with van der Waals surface area (Å²) in [5.41, 5.74) is 6.61. The molecule has 0 radical (unpaired) electrons. The predicted molar refractivity (Wildman–Crippen MR) is 104 cm³/mol. The Hall–Kier alpha value is -1.90. The van der Waals surface area contributed by atoms with E-state index in [-0.39, 0.29) is 11.9 Å². The molecular formula is C20H26ClN3O2. The Morgan fingerprint density at radius 1 is 1.38 bits per heavy atom. The number of amides is 1. The second-order valence-corrected chi connectivity index (χ2v) is 7.60. The lowest BCUT2D eigenvalue weighted by atomic mass is 9.97. The van der Waals surface area contributed by atoms with Crippen molar-refractivity contribution in [2.24, 2.45) is 0 Å². The van der Waals surface area contributed by atoms with E-state index in [0.29, 0.717) is 34.1 Å². The lowest BCUT2D eigenvalue weighted by molar-refractivity contribution is 0.0880. The molecule has 2 unspecified atom stereocenters. The maximum Gasteiger partial charge on any atom is 0.255 e. The molecule has 0 aliphatic carbocycles. The maximum atomic E-state index is 12.8. The van der Waals surface area contributed by atoms with E-state index >= 15 is 0 Å². The lowest BCUT2D eigenvalue weighted by Crippen LogP contribution is -2.48. The summed E-state index contributed by atoms with van der Waals surface area (Å²) in [6.45, 7) is 2.04. The number of carbonyl (C=O) groups excluding carboxylic acids is 1. The van der Waals surface area contributed by atoms with Crippen LogP contribution in [0.5, 0.6) is 5.75 Å². The van der Waals surface area contributed by atoms with Gasteiger partial charge in [0.15, 0.2) is 5.75 Å². The first-order valence-electron chi connectivity index (χ1n) is 9.26. The Kier molecular flexibility index (Phi) is 5.95. The highest BCUT2D eigenvalue weighted by molar-refractivity contribution is 6.33. The van der Waals surface area contributed by atoms with Crippen LogP contribution in [0.15, 0.2) is 12.1 Å². The minimum Gasteiger partial charge on any atom is -0.407 e. The van der Waals surface area contributed by atoms with Crippen molar-refractivity contribution in [3.8, 4) is 17.8 Å². The van der Waals surface area contributed by atoms with Crippen LogP contribution >= 0.6 is 11.6 Å². The molecule has 0 spiro atoms. The molecule has 26 heavy (non-hydrogen) atoms. The van der Waals surface area contributed by atoms with Gasteiger partial charge in [-0.15, -0.1) is 0 Å². The molecule has 140 valence electrons. The van der Waals surface area contributed by atoms with Crippen LogP contribution in [-0.2, 0) is 0 Å². The van der Waals surface area contributed by atoms with Gasteiger partial charge in [-0.2, -0.15) is 0 Å². The summed E-state index contributed by atoms with van der Waals surface area (Å²) in [6.07, 6.45) is 8.71. The zero-order valence-corrected chi connectivity index (χ0v) is 16.1. The Labute approximate surface area is 160 Å². The first kappa shape index (κ1) is 18.9. The number of carbonyl (C=O) groups is 1. The van der Waals surface area contributed by atoms with Crippen molar-refractivity contribution in [2.75, 3.05) is 12.8 Å². The number of piperidine rings is 1. The van der Waals surface area contributed by atoms with Gasteiger partial charge in [0.1, 0.15) is 6.11 Å². The van der Waals surface area contributed by atoms with E-state index in [1.165, 1.54) is 12.8 Å². The summed E-state index contributed by atoms with van der Waals surface area (Å²) in [5, 5.41) is 3.49. The van der Waals surface area contributed by atoms with Gasteiger partial charge in [0.2, 0.25) is 0 Å². The van der Waals surface area contributed by atoms with Crippen LogP contribution < -0.4 is 15.8 Å². The number of nitrogens with two attached hydrogens (primary N) is 1. The molecule has 0 saturated carbocycles. The number of ether oxygens (including phenoxy) is 1. The molecule has 3 N–H and O–H groups in total. The van der Waals surface area contributed by atoms with Gasteiger partial charge in [0.05, 0.1) is 16.3 Å². The number of halogens is 1. The molecule has 2 fully saturated rings. The number of hydrogen-bond donors (Lipinski definition) is 2. The van der Waals surface area contributed by atoms with Crippen molar-refractivity contribution in [1.82, 2.24) is 10.2 Å². The van der Waals surface area contributed by atoms with E-state index in [2.05, 4.69) is 29.3 Å². The Balaban J connectivity index is 1.74. The molecule has 5 nitrogen and oxygen atoms in total. The van der Waals surface area contributed by atoms with E-state index < -0.39 is 0 Å². The van der Waals surface area contributed by atoms with Crippen molar-refractivity contribution >= 4 is 23.2 Å². The number of unbranched alkanes of at least 4 members (excludes halogenated alkanes) is 1. The second kappa shape index (κ2) is 8.20. The van der Waals surface area contributed by atoms with Crippen molar-refractivity contribution in [2.45, 2.75) is 63.6 Å². The number of hydrogen-bond acceptors (Lipinski definition) is 4. The highest BCUT2D eigenvalue weighted by Gasteiger charge is 2.39. The van der Waals surface area contributed by atoms with E-state index in [1.807, 2.05) is 6.92 Å². The number of nitrogens with one attached hydrogen (secondary N) is 1. The highest BCUT2D eigenvalue weighted by atomic mass is 35.5. The first-order chi connectivity index (χ1) is 12.5. The molecule has 2 aliphatic rings. The van der Waals surface area contributed by atoms with Crippen LogP contribution in [-0.4, -0.2) is 36.0 Å². The Morgan fingerprint density at radius 3 is 2.73 bits per heavy atom. The van der Waals surface area contributed by atoms with E-state index in [4.69, 9.17) is 22.1 Å². The number of benzene rings is 1. The average Bonchev–Trinajstić information content (AvgIpc) is 2.82. The van der Waals surface area contributed by atoms with Gasteiger partial charge in [-0.25, -0.2) is 0 Å². The SMILES string of the molecule is CCCC#COc1cc(N)c(Cl)cc1C(=O)NC1CC2CCC(C1)N2C. The number of nitrogen functional groups attached to an aromatic ring is 1. The third-order valence-corrected chi connectivity index (χ3v) is 5.71. The van der Waals surface area contributed by atoms with Gasteiger partial charge >= 0.3 is 0 Å². The normalized spacial score (nSPS) is 24.7. The molecule has 1 amide bonds. The van der Waals surface area contributed by atoms with E-state index in [0.717, 1.165) is 25.7 Å². The van der Waals surface area contributed by atoms with Crippen molar-refractivity contribution in [3.63, 3.8) is 0 Å². The first-order valence-corrected chi connectivity index (χ1v) is 9.64. The van der Waals surface area contributed by atoms with Crippen LogP contribution in [0.1, 0.15) is 55.8 Å². The van der Waals surface area contributed by atoms with Gasteiger partial charge in [-0.05, 0) is 45.2 Å². The molecule has 2 atom stereocenters. The highest BCUT2D eigenvalue weighted by Crippen LogP contribution is 2.35. The van der Waals surface area contributed by atoms with Gasteiger partial charge in [0, 0.05) is 30.6 Å². The molecule has 2 saturated heterocycles. The fourth-order valence-corrected chi connectivity index (χ4v) is 4.05. The summed E-state index contributed by atoms with van der Waals surface area (Å²) in [5.74, 6) is 3.07. The topological polar surface area (TPSA) is 67.6 Å². The number of nitrogens with zero attached hydrogens (tertiary/aromatic N) is 1. The minimum atomic E-state index is -0.187. The minimum absolute atomic E-state index is 0.173. The van der Waals surface area contributed by atoms with Gasteiger partial charge in [-0.3, -0.25) is 4.79 Å². The molecule has 2 bridgehead atoms.